The maximum Gasteiger partial charge on any atom is 0.227 e. The summed E-state index contributed by atoms with van der Waals surface area (Å²) in [6.45, 7) is 2.33. The van der Waals surface area contributed by atoms with Gasteiger partial charge in [-0.25, -0.2) is 9.97 Å². The van der Waals surface area contributed by atoms with Crippen LogP contribution in [0.25, 0.3) is 11.2 Å². The van der Waals surface area contributed by atoms with Crippen LogP contribution in [0.2, 0.25) is 5.02 Å². The molecule has 0 saturated heterocycles. The van der Waals surface area contributed by atoms with Gasteiger partial charge in [0.25, 0.3) is 0 Å². The van der Waals surface area contributed by atoms with Gasteiger partial charge in [0.15, 0.2) is 23.3 Å². The zero-order valence-corrected chi connectivity index (χ0v) is 15.4. The number of rotatable bonds is 7. The van der Waals surface area contributed by atoms with Gasteiger partial charge in [0.2, 0.25) is 5.95 Å². The summed E-state index contributed by atoms with van der Waals surface area (Å²) in [5, 5.41) is 6.98. The van der Waals surface area contributed by atoms with Gasteiger partial charge in [-0.2, -0.15) is 9.97 Å². The average molecular weight is 375 g/mol. The summed E-state index contributed by atoms with van der Waals surface area (Å²) in [6.07, 6.45) is 2.76. The molecule has 2 aromatic heterocycles. The Morgan fingerprint density at radius 1 is 1.12 bits per heavy atom. The molecule has 0 aliphatic heterocycles. The lowest BCUT2D eigenvalue weighted by Crippen LogP contribution is -2.24. The quantitative estimate of drug-likeness (QED) is 0.609. The Balaban J connectivity index is 1.93. The molecule has 0 aliphatic carbocycles. The van der Waals surface area contributed by atoms with E-state index in [0.29, 0.717) is 34.5 Å². The highest BCUT2D eigenvalue weighted by molar-refractivity contribution is 6.31. The van der Waals surface area contributed by atoms with Crippen LogP contribution in [0, 0.1) is 6.92 Å². The number of aromatic nitrogens is 4. The smallest absolute Gasteiger partial charge is 0.227 e. The topological polar surface area (TPSA) is 94.1 Å². The van der Waals surface area contributed by atoms with Gasteiger partial charge in [0.05, 0.1) is 6.54 Å². The van der Waals surface area contributed by atoms with Crippen LogP contribution in [-0.2, 0) is 9.47 Å². The molecule has 0 fully saturated rings. The molecule has 0 spiro atoms. The minimum absolute atomic E-state index is 0.384. The number of methoxy groups -OCH3 is 2. The largest absolute Gasteiger partial charge is 0.354 e. The molecule has 0 amide bonds. The van der Waals surface area contributed by atoms with Crippen molar-refractivity contribution in [1.29, 1.82) is 0 Å². The van der Waals surface area contributed by atoms with Crippen molar-refractivity contribution in [3.05, 3.63) is 41.2 Å². The van der Waals surface area contributed by atoms with E-state index in [2.05, 4.69) is 30.6 Å². The highest BCUT2D eigenvalue weighted by Gasteiger charge is 2.12. The molecule has 136 valence electrons. The summed E-state index contributed by atoms with van der Waals surface area (Å²) in [4.78, 5) is 17.5. The third-order valence-electron chi connectivity index (χ3n) is 3.72. The summed E-state index contributed by atoms with van der Waals surface area (Å²) in [7, 11) is 3.13. The second-order valence-electron chi connectivity index (χ2n) is 5.50. The molecule has 3 aromatic rings. The van der Waals surface area contributed by atoms with Crippen molar-refractivity contribution in [2.24, 2.45) is 0 Å². The Morgan fingerprint density at radius 3 is 2.62 bits per heavy atom. The summed E-state index contributed by atoms with van der Waals surface area (Å²) in [5.74, 6) is 0.912. The van der Waals surface area contributed by atoms with Crippen molar-refractivity contribution in [3.63, 3.8) is 0 Å². The number of hydrogen-bond acceptors (Lipinski definition) is 8. The van der Waals surface area contributed by atoms with Gasteiger partial charge in [-0.1, -0.05) is 17.7 Å². The molecule has 2 N–H and O–H groups in total. The average Bonchev–Trinajstić information content (AvgIpc) is 2.65. The van der Waals surface area contributed by atoms with Crippen LogP contribution in [0.3, 0.4) is 0 Å². The third kappa shape index (κ3) is 4.16. The Kier molecular flexibility index (Phi) is 5.77. The zero-order valence-electron chi connectivity index (χ0n) is 14.7. The number of benzene rings is 1. The second kappa shape index (κ2) is 8.22. The first kappa shape index (κ1) is 18.2. The lowest BCUT2D eigenvalue weighted by atomic mass is 10.2. The van der Waals surface area contributed by atoms with E-state index < -0.39 is 6.29 Å². The fourth-order valence-electron chi connectivity index (χ4n) is 2.27. The molecule has 3 rings (SSSR count). The van der Waals surface area contributed by atoms with E-state index in [-0.39, 0.29) is 0 Å². The highest BCUT2D eigenvalue weighted by Crippen LogP contribution is 2.25. The van der Waals surface area contributed by atoms with Crippen molar-refractivity contribution < 1.29 is 9.47 Å². The molecule has 8 nitrogen and oxygen atoms in total. The first-order valence-electron chi connectivity index (χ1n) is 7.92. The van der Waals surface area contributed by atoms with Crippen LogP contribution in [-0.4, -0.2) is 47.0 Å². The minimum atomic E-state index is -0.413. The van der Waals surface area contributed by atoms with Crippen LogP contribution in [0.15, 0.2) is 30.6 Å². The predicted octanol–water partition coefficient (Wildman–Crippen LogP) is 3.16. The standard InChI is InChI=1S/C17H19ClN6O2/c1-10-4-5-11(8-12(10)18)22-16-14-15(20-7-6-19-14)23-17(24-16)21-9-13(25-2)26-3/h4-8,13H,9H2,1-3H3,(H2,20,21,22,23,24). The van der Waals surface area contributed by atoms with Crippen LogP contribution < -0.4 is 10.6 Å². The summed E-state index contributed by atoms with van der Waals surface area (Å²) in [6, 6.07) is 5.69. The highest BCUT2D eigenvalue weighted by atomic mass is 35.5. The van der Waals surface area contributed by atoms with Crippen molar-refractivity contribution in [3.8, 4) is 0 Å². The fraction of sp³-hybridized carbons (Fsp3) is 0.294. The Labute approximate surface area is 156 Å². The van der Waals surface area contributed by atoms with E-state index in [0.717, 1.165) is 11.3 Å². The van der Waals surface area contributed by atoms with Gasteiger partial charge in [0, 0.05) is 37.3 Å². The van der Waals surface area contributed by atoms with E-state index in [9.17, 15) is 0 Å². The van der Waals surface area contributed by atoms with Gasteiger partial charge >= 0.3 is 0 Å². The van der Waals surface area contributed by atoms with E-state index in [1.54, 1.807) is 26.6 Å². The zero-order chi connectivity index (χ0) is 18.5. The number of ether oxygens (including phenoxy) is 2. The number of hydrogen-bond donors (Lipinski definition) is 2. The number of fused-ring (bicyclic) bond motifs is 1. The van der Waals surface area contributed by atoms with Crippen molar-refractivity contribution in [2.45, 2.75) is 13.2 Å². The van der Waals surface area contributed by atoms with Crippen LogP contribution in [0.5, 0.6) is 0 Å². The lowest BCUT2D eigenvalue weighted by molar-refractivity contribution is -0.0914. The molecule has 0 bridgehead atoms. The number of aryl methyl sites for hydroxylation is 1. The van der Waals surface area contributed by atoms with E-state index in [4.69, 9.17) is 21.1 Å². The molecule has 0 radical (unpaired) electrons. The number of anilines is 3. The second-order valence-corrected chi connectivity index (χ2v) is 5.90. The molecule has 2 heterocycles. The maximum absolute atomic E-state index is 6.21. The SMILES string of the molecule is COC(CNc1nc(Nc2ccc(C)c(Cl)c2)c2nccnc2n1)OC. The fourth-order valence-corrected chi connectivity index (χ4v) is 2.46. The number of halogens is 1. The third-order valence-corrected chi connectivity index (χ3v) is 4.13. The number of nitrogens with one attached hydrogen (secondary N) is 2. The molecule has 26 heavy (non-hydrogen) atoms. The molecule has 0 atom stereocenters. The van der Waals surface area contributed by atoms with E-state index in [1.807, 2.05) is 25.1 Å². The Morgan fingerprint density at radius 2 is 1.88 bits per heavy atom. The molecule has 1 aromatic carbocycles. The molecule has 0 unspecified atom stereocenters. The van der Waals surface area contributed by atoms with E-state index in [1.165, 1.54) is 0 Å². The van der Waals surface area contributed by atoms with Crippen molar-refractivity contribution in [2.75, 3.05) is 31.4 Å². The van der Waals surface area contributed by atoms with Gasteiger partial charge in [-0.05, 0) is 24.6 Å². The monoisotopic (exact) mass is 374 g/mol. The van der Waals surface area contributed by atoms with Crippen molar-refractivity contribution in [1.82, 2.24) is 19.9 Å². The molecule has 0 aliphatic rings. The maximum atomic E-state index is 6.21. The van der Waals surface area contributed by atoms with Gasteiger partial charge in [0.1, 0.15) is 0 Å². The predicted molar refractivity (Wildman–Crippen MR) is 101 cm³/mol. The summed E-state index contributed by atoms with van der Waals surface area (Å²) in [5.41, 5.74) is 2.82. The molecule has 9 heteroatoms. The van der Waals surface area contributed by atoms with Crippen LogP contribution >= 0.6 is 11.6 Å². The van der Waals surface area contributed by atoms with E-state index >= 15 is 0 Å². The first-order chi connectivity index (χ1) is 12.6. The molecular formula is C17H19ClN6O2. The Bertz CT molecular complexity index is 904. The first-order valence-corrected chi connectivity index (χ1v) is 8.30. The summed E-state index contributed by atoms with van der Waals surface area (Å²) >= 11 is 6.21. The van der Waals surface area contributed by atoms with Crippen molar-refractivity contribution >= 4 is 40.2 Å². The lowest BCUT2D eigenvalue weighted by Gasteiger charge is -2.15. The van der Waals surface area contributed by atoms with Gasteiger partial charge in [-0.15, -0.1) is 0 Å². The number of nitrogens with zero attached hydrogens (tertiary/aromatic N) is 4. The Hall–Kier alpha value is -2.55. The molecular weight excluding hydrogens is 356 g/mol. The van der Waals surface area contributed by atoms with Gasteiger partial charge in [-0.3, -0.25) is 0 Å². The normalized spacial score (nSPS) is 11.1. The minimum Gasteiger partial charge on any atom is -0.354 e. The van der Waals surface area contributed by atoms with Crippen LogP contribution in [0.1, 0.15) is 5.56 Å². The van der Waals surface area contributed by atoms with Crippen LogP contribution in [0.4, 0.5) is 17.5 Å². The van der Waals surface area contributed by atoms with Gasteiger partial charge < -0.3 is 20.1 Å². The summed E-state index contributed by atoms with van der Waals surface area (Å²) < 4.78 is 10.3. The molecule has 0 saturated carbocycles.